The minimum atomic E-state index is -2.68. The zero-order valence-corrected chi connectivity index (χ0v) is 24.7. The average molecular weight is 567 g/mol. The van der Waals surface area contributed by atoms with Gasteiger partial charge in [-0.15, -0.1) is 0 Å². The second-order valence-corrected chi connectivity index (χ2v) is 14.3. The maximum absolute atomic E-state index is 12.5. The first-order chi connectivity index (χ1) is 18.7. The number of carbonyl (C=O) groups excluding carboxylic acids is 1. The summed E-state index contributed by atoms with van der Waals surface area (Å²) in [5.74, 6) is 1.25. The van der Waals surface area contributed by atoms with Gasteiger partial charge in [0.1, 0.15) is 17.7 Å². The van der Waals surface area contributed by atoms with Gasteiger partial charge in [0.25, 0.3) is 0 Å². The molecule has 2 aliphatic rings. The third-order valence-corrected chi connectivity index (χ3v) is 10.3. The smallest absolute Gasteiger partial charge is 0.340 e. The van der Waals surface area contributed by atoms with Crippen molar-refractivity contribution >= 4 is 38.1 Å². The Bertz CT molecular complexity index is 1580. The first-order valence-corrected chi connectivity index (χ1v) is 15.7. The summed E-state index contributed by atoms with van der Waals surface area (Å²) in [7, 11) is -2.68. The van der Waals surface area contributed by atoms with E-state index in [1.165, 1.54) is 6.26 Å². The first-order valence-electron chi connectivity index (χ1n) is 13.7. The second kappa shape index (κ2) is 9.95. The Morgan fingerprint density at radius 3 is 2.62 bits per heavy atom. The van der Waals surface area contributed by atoms with E-state index in [4.69, 9.17) is 25.0 Å². The highest BCUT2D eigenvalue weighted by molar-refractivity contribution is 7.92. The van der Waals surface area contributed by atoms with Gasteiger partial charge in [-0.1, -0.05) is 6.92 Å². The van der Waals surface area contributed by atoms with Crippen LogP contribution in [0.15, 0.2) is 30.6 Å². The molecule has 1 aliphatic heterocycles. The van der Waals surface area contributed by atoms with Crippen LogP contribution in [0.1, 0.15) is 81.9 Å². The number of fused-ring (bicyclic) bond motifs is 3. The highest BCUT2D eigenvalue weighted by Gasteiger charge is 2.56. The number of cyclic esters (lactones) is 1. The van der Waals surface area contributed by atoms with Crippen molar-refractivity contribution in [1.29, 1.82) is 4.78 Å². The molecule has 0 amide bonds. The fraction of sp³-hybridized carbons (Fsp3) is 0.517. The van der Waals surface area contributed by atoms with Crippen molar-refractivity contribution in [2.24, 2.45) is 5.73 Å². The Morgan fingerprint density at radius 1 is 1.25 bits per heavy atom. The minimum Gasteiger partial charge on any atom is -0.474 e. The van der Waals surface area contributed by atoms with E-state index in [-0.39, 0.29) is 28.8 Å². The van der Waals surface area contributed by atoms with Crippen LogP contribution in [-0.2, 0) is 25.4 Å². The number of aromatic nitrogens is 3. The molecule has 10 nitrogen and oxygen atoms in total. The average Bonchev–Trinajstić information content (AvgIpc) is 3.69. The molecule has 5 unspecified atom stereocenters. The van der Waals surface area contributed by atoms with Crippen LogP contribution in [-0.4, -0.2) is 48.8 Å². The van der Waals surface area contributed by atoms with E-state index in [1.807, 2.05) is 33.8 Å². The third kappa shape index (κ3) is 5.12. The Balaban J connectivity index is 1.50. The van der Waals surface area contributed by atoms with Gasteiger partial charge in [-0.05, 0) is 82.5 Å². The first kappa shape index (κ1) is 28.2. The molecule has 1 fully saturated rings. The number of pyridine rings is 3. The molecule has 3 aromatic heterocycles. The maximum atomic E-state index is 12.5. The molecule has 40 heavy (non-hydrogen) atoms. The maximum Gasteiger partial charge on any atom is 0.340 e. The SMILES string of the molecule is CCC(C)(N)c1cnc(OC(C)CC(C)S(C)(=N)=O)c2cnc(Nc3ccc4c(n3)C3(CC3)C(C)OC4=O)cc12. The van der Waals surface area contributed by atoms with Crippen LogP contribution >= 0.6 is 0 Å². The summed E-state index contributed by atoms with van der Waals surface area (Å²) in [6.45, 7) is 9.61. The van der Waals surface area contributed by atoms with Gasteiger partial charge in [0.15, 0.2) is 0 Å². The van der Waals surface area contributed by atoms with E-state index in [9.17, 15) is 9.00 Å². The van der Waals surface area contributed by atoms with Crippen LogP contribution in [0.4, 0.5) is 11.6 Å². The van der Waals surface area contributed by atoms with E-state index in [2.05, 4.69) is 15.3 Å². The summed E-state index contributed by atoms with van der Waals surface area (Å²) in [6, 6.07) is 5.45. The van der Waals surface area contributed by atoms with Crippen molar-refractivity contribution in [2.75, 3.05) is 11.6 Å². The van der Waals surface area contributed by atoms with Crippen LogP contribution in [0.3, 0.4) is 0 Å². The number of nitrogens with two attached hydrogens (primary N) is 1. The van der Waals surface area contributed by atoms with Crippen LogP contribution < -0.4 is 15.8 Å². The van der Waals surface area contributed by atoms with Gasteiger partial charge in [0.05, 0.1) is 28.2 Å². The predicted octanol–water partition coefficient (Wildman–Crippen LogP) is 5.17. The molecule has 214 valence electrons. The van der Waals surface area contributed by atoms with Gasteiger partial charge in [0, 0.05) is 39.2 Å². The highest BCUT2D eigenvalue weighted by Crippen LogP contribution is 2.54. The fourth-order valence-corrected chi connectivity index (χ4v) is 5.96. The van der Waals surface area contributed by atoms with Gasteiger partial charge in [-0.2, -0.15) is 0 Å². The van der Waals surface area contributed by atoms with E-state index in [0.29, 0.717) is 41.3 Å². The lowest BCUT2D eigenvalue weighted by Crippen LogP contribution is -2.36. The number of hydrogen-bond acceptors (Lipinski definition) is 10. The summed E-state index contributed by atoms with van der Waals surface area (Å²) in [4.78, 5) is 26.5. The van der Waals surface area contributed by atoms with Crippen molar-refractivity contribution in [1.82, 2.24) is 15.0 Å². The molecular formula is C29H38N6O4S. The van der Waals surface area contributed by atoms with Crippen LogP contribution in [0.5, 0.6) is 5.88 Å². The molecule has 4 heterocycles. The molecule has 0 saturated heterocycles. The number of nitrogens with zero attached hydrogens (tertiary/aromatic N) is 3. The van der Waals surface area contributed by atoms with Crippen molar-refractivity contribution < 1.29 is 18.5 Å². The van der Waals surface area contributed by atoms with E-state index in [0.717, 1.165) is 29.5 Å². The molecule has 0 radical (unpaired) electrons. The fourth-order valence-electron chi connectivity index (χ4n) is 5.32. The summed E-state index contributed by atoms with van der Waals surface area (Å²) < 4.78 is 31.8. The molecule has 5 atom stereocenters. The topological polar surface area (TPSA) is 153 Å². The van der Waals surface area contributed by atoms with Crippen molar-refractivity contribution in [3.63, 3.8) is 0 Å². The molecule has 11 heteroatoms. The summed E-state index contributed by atoms with van der Waals surface area (Å²) in [5.41, 5.74) is 8.01. The minimum absolute atomic E-state index is 0.200. The lowest BCUT2D eigenvalue weighted by atomic mass is 9.88. The normalized spacial score (nSPS) is 22.0. The zero-order valence-electron chi connectivity index (χ0n) is 23.9. The summed E-state index contributed by atoms with van der Waals surface area (Å²) in [6.07, 6.45) is 7.43. The molecule has 1 saturated carbocycles. The monoisotopic (exact) mass is 566 g/mol. The lowest BCUT2D eigenvalue weighted by Gasteiger charge is -2.30. The van der Waals surface area contributed by atoms with Gasteiger partial charge < -0.3 is 20.5 Å². The van der Waals surface area contributed by atoms with E-state index >= 15 is 0 Å². The third-order valence-electron chi connectivity index (χ3n) is 8.52. The van der Waals surface area contributed by atoms with Crippen LogP contribution in [0, 0.1) is 4.78 Å². The molecule has 1 aliphatic carbocycles. The van der Waals surface area contributed by atoms with Gasteiger partial charge in [0.2, 0.25) is 5.88 Å². The quantitative estimate of drug-likeness (QED) is 0.298. The predicted molar refractivity (Wildman–Crippen MR) is 156 cm³/mol. The number of ether oxygens (including phenoxy) is 2. The number of hydrogen-bond donors (Lipinski definition) is 3. The van der Waals surface area contributed by atoms with Crippen LogP contribution in [0.2, 0.25) is 0 Å². The molecule has 0 bridgehead atoms. The van der Waals surface area contributed by atoms with E-state index in [1.54, 1.807) is 31.5 Å². The molecule has 1 spiro atoms. The Kier molecular flexibility index (Phi) is 7.02. The van der Waals surface area contributed by atoms with Gasteiger partial charge in [-0.3, -0.25) is 4.78 Å². The number of carbonyl (C=O) groups is 1. The standard InChI is InChI=1S/C29H38N6O4S/c1-7-28(5,30)22-15-33-26(38-16(2)12-17(3)40(6,31)37)21-14-32-24(13-20(21)22)34-23-9-8-19-25(35-23)29(10-11-29)18(4)39-27(19)36/h8-9,13-18,31H,7,10-12,30H2,1-6H3,(H,32,34,35). The van der Waals surface area contributed by atoms with Gasteiger partial charge in [-0.25, -0.2) is 24.0 Å². The Morgan fingerprint density at radius 2 is 1.98 bits per heavy atom. The Hall–Kier alpha value is -3.31. The molecule has 0 aromatic carbocycles. The lowest BCUT2D eigenvalue weighted by molar-refractivity contribution is 0.0183. The molecule has 3 aromatic rings. The van der Waals surface area contributed by atoms with Crippen molar-refractivity contribution in [2.45, 2.75) is 88.7 Å². The summed E-state index contributed by atoms with van der Waals surface area (Å²) in [5, 5.41) is 4.55. The number of anilines is 2. The van der Waals surface area contributed by atoms with Crippen LogP contribution in [0.25, 0.3) is 10.8 Å². The zero-order chi connectivity index (χ0) is 29.0. The number of esters is 1. The molecule has 5 rings (SSSR count). The second-order valence-electron chi connectivity index (χ2n) is 11.7. The molecular weight excluding hydrogens is 528 g/mol. The van der Waals surface area contributed by atoms with Crippen molar-refractivity contribution in [3.05, 3.63) is 47.4 Å². The number of nitrogens with one attached hydrogen (secondary N) is 2. The van der Waals surface area contributed by atoms with E-state index < -0.39 is 15.3 Å². The highest BCUT2D eigenvalue weighted by atomic mass is 32.2. The molecule has 4 N–H and O–H groups in total. The summed E-state index contributed by atoms with van der Waals surface area (Å²) >= 11 is 0. The Labute approximate surface area is 235 Å². The number of rotatable bonds is 9. The van der Waals surface area contributed by atoms with Crippen molar-refractivity contribution in [3.8, 4) is 5.88 Å². The van der Waals surface area contributed by atoms with Gasteiger partial charge >= 0.3 is 5.97 Å². The largest absolute Gasteiger partial charge is 0.474 e.